The summed E-state index contributed by atoms with van der Waals surface area (Å²) in [6.45, 7) is 6.65. The van der Waals surface area contributed by atoms with Gasteiger partial charge >= 0.3 is 0 Å². The molecule has 0 unspecified atom stereocenters. The topological polar surface area (TPSA) is 58.6 Å². The van der Waals surface area contributed by atoms with Gasteiger partial charge in [-0.2, -0.15) is 0 Å². The quantitative estimate of drug-likeness (QED) is 0.680. The van der Waals surface area contributed by atoms with E-state index in [1.807, 2.05) is 19.1 Å². The summed E-state index contributed by atoms with van der Waals surface area (Å²) in [5.41, 5.74) is 3.77. The van der Waals surface area contributed by atoms with E-state index in [1.54, 1.807) is 32.9 Å². The highest BCUT2D eigenvalue weighted by atomic mass is 35.5. The summed E-state index contributed by atoms with van der Waals surface area (Å²) in [5, 5.41) is 1.54. The van der Waals surface area contributed by atoms with Gasteiger partial charge in [-0.3, -0.25) is 15.0 Å². The first-order valence-electron chi connectivity index (χ1n) is 9.39. The van der Waals surface area contributed by atoms with Gasteiger partial charge in [0.15, 0.2) is 0 Å². The summed E-state index contributed by atoms with van der Waals surface area (Å²) in [6.07, 6.45) is 0.871. The van der Waals surface area contributed by atoms with Crippen LogP contribution in [0, 0.1) is 0 Å². The molecule has 7 heteroatoms. The van der Waals surface area contributed by atoms with E-state index in [4.69, 9.17) is 16.3 Å². The zero-order chi connectivity index (χ0) is 21.6. The van der Waals surface area contributed by atoms with Crippen LogP contribution in [0.1, 0.15) is 54.0 Å². The number of benzene rings is 2. The number of rotatable bonds is 6. The Bertz CT molecular complexity index is 863. The van der Waals surface area contributed by atoms with E-state index in [1.165, 1.54) is 23.2 Å². The van der Waals surface area contributed by atoms with Gasteiger partial charge in [-0.1, -0.05) is 30.7 Å². The van der Waals surface area contributed by atoms with Gasteiger partial charge in [0.2, 0.25) is 0 Å². The van der Waals surface area contributed by atoms with Crippen LogP contribution in [0.2, 0.25) is 5.02 Å². The molecule has 0 fully saturated rings. The third kappa shape index (κ3) is 6.19. The second-order valence-corrected chi connectivity index (χ2v) is 7.95. The molecule has 0 aliphatic rings. The van der Waals surface area contributed by atoms with E-state index in [0.717, 1.165) is 12.0 Å². The molecular formula is C22H26ClFN2O3. The monoisotopic (exact) mass is 420 g/mol. The fraction of sp³-hybridized carbons (Fsp3) is 0.364. The molecule has 0 aliphatic heterocycles. The fourth-order valence-electron chi connectivity index (χ4n) is 2.64. The van der Waals surface area contributed by atoms with Gasteiger partial charge in [-0.25, -0.2) is 9.40 Å². The summed E-state index contributed by atoms with van der Waals surface area (Å²) in [7, 11) is 0. The lowest BCUT2D eigenvalue weighted by atomic mass is 10.1. The van der Waals surface area contributed by atoms with Crippen LogP contribution in [0.4, 0.5) is 4.39 Å². The molecular weight excluding hydrogens is 395 g/mol. The van der Waals surface area contributed by atoms with Crippen molar-refractivity contribution in [3.05, 3.63) is 64.2 Å². The lowest BCUT2D eigenvalue weighted by molar-refractivity contribution is 0.0358. The van der Waals surface area contributed by atoms with E-state index >= 15 is 0 Å². The molecule has 156 valence electrons. The average Bonchev–Trinajstić information content (AvgIpc) is 2.68. The number of nitrogens with zero attached hydrogens (tertiary/aromatic N) is 1. The zero-order valence-electron chi connectivity index (χ0n) is 17.1. The van der Waals surface area contributed by atoms with E-state index < -0.39 is 24.0 Å². The molecule has 0 saturated carbocycles. The number of hydrogen-bond donors (Lipinski definition) is 1. The molecule has 2 amide bonds. The van der Waals surface area contributed by atoms with Gasteiger partial charge in [0, 0.05) is 16.1 Å². The number of nitrogens with one attached hydrogen (secondary N) is 1. The normalized spacial score (nSPS) is 11.1. The third-order valence-corrected chi connectivity index (χ3v) is 4.39. The van der Waals surface area contributed by atoms with Gasteiger partial charge in [-0.05, 0) is 63.1 Å². The third-order valence-electron chi connectivity index (χ3n) is 4.18. The molecule has 0 radical (unpaired) electrons. The number of aryl methyl sites for hydroxylation is 1. The molecule has 0 aromatic heterocycles. The number of hydrazine groups is 1. The van der Waals surface area contributed by atoms with Crippen molar-refractivity contribution in [1.82, 2.24) is 10.4 Å². The Labute approximate surface area is 175 Å². The summed E-state index contributed by atoms with van der Waals surface area (Å²) in [6, 6.07) is 11.7. The summed E-state index contributed by atoms with van der Waals surface area (Å²) < 4.78 is 17.6. The molecule has 5 nitrogen and oxygen atoms in total. The van der Waals surface area contributed by atoms with Crippen LogP contribution in [0.3, 0.4) is 0 Å². The van der Waals surface area contributed by atoms with Crippen molar-refractivity contribution in [2.75, 3.05) is 13.3 Å². The largest absolute Gasteiger partial charge is 0.491 e. The first-order chi connectivity index (χ1) is 13.7. The minimum absolute atomic E-state index is 0.137. The summed E-state index contributed by atoms with van der Waals surface area (Å²) in [5.74, 6) is -0.565. The highest BCUT2D eigenvalue weighted by Gasteiger charge is 2.30. The molecule has 2 rings (SSSR count). The molecule has 2 aromatic carbocycles. The fourth-order valence-corrected chi connectivity index (χ4v) is 2.86. The van der Waals surface area contributed by atoms with Crippen LogP contribution < -0.4 is 10.2 Å². The van der Waals surface area contributed by atoms with Crippen molar-refractivity contribution in [1.29, 1.82) is 0 Å². The standard InChI is InChI=1S/C22H26ClFN2O3/c1-5-15-6-8-16(9-7-15)20(27)25-26(22(2,3)4)21(28)17-12-18(23)14-19(13-17)29-11-10-24/h6-9,12-14H,5,10-11H2,1-4H3,(H,25,27). The highest BCUT2D eigenvalue weighted by Crippen LogP contribution is 2.24. The van der Waals surface area contributed by atoms with E-state index in [-0.39, 0.29) is 22.9 Å². The highest BCUT2D eigenvalue weighted by molar-refractivity contribution is 6.31. The Morgan fingerprint density at radius 3 is 2.31 bits per heavy atom. The van der Waals surface area contributed by atoms with Crippen LogP contribution in [0.5, 0.6) is 5.75 Å². The van der Waals surface area contributed by atoms with Crippen LogP contribution in [0.25, 0.3) is 0 Å². The van der Waals surface area contributed by atoms with Gasteiger partial charge in [0.25, 0.3) is 11.8 Å². The maximum atomic E-state index is 13.2. The minimum Gasteiger partial charge on any atom is -0.491 e. The minimum atomic E-state index is -0.710. The van der Waals surface area contributed by atoms with Gasteiger partial charge in [0.1, 0.15) is 19.0 Å². The zero-order valence-corrected chi connectivity index (χ0v) is 17.8. The van der Waals surface area contributed by atoms with E-state index in [2.05, 4.69) is 5.43 Å². The van der Waals surface area contributed by atoms with Crippen LogP contribution in [-0.4, -0.2) is 35.6 Å². The maximum Gasteiger partial charge on any atom is 0.272 e. The average molecular weight is 421 g/mol. The molecule has 0 atom stereocenters. The lowest BCUT2D eigenvalue weighted by Crippen LogP contribution is -2.55. The molecule has 0 heterocycles. The molecule has 2 aromatic rings. The van der Waals surface area contributed by atoms with Crippen LogP contribution in [0.15, 0.2) is 42.5 Å². The van der Waals surface area contributed by atoms with Crippen molar-refractivity contribution < 1.29 is 18.7 Å². The molecule has 29 heavy (non-hydrogen) atoms. The van der Waals surface area contributed by atoms with Crippen molar-refractivity contribution in [2.24, 2.45) is 0 Å². The van der Waals surface area contributed by atoms with Crippen molar-refractivity contribution in [3.8, 4) is 5.75 Å². The number of carbonyl (C=O) groups excluding carboxylic acids is 2. The van der Waals surface area contributed by atoms with Crippen LogP contribution in [-0.2, 0) is 6.42 Å². The Morgan fingerprint density at radius 1 is 1.10 bits per heavy atom. The summed E-state index contributed by atoms with van der Waals surface area (Å²) in [4.78, 5) is 25.9. The Morgan fingerprint density at radius 2 is 1.76 bits per heavy atom. The van der Waals surface area contributed by atoms with Gasteiger partial charge < -0.3 is 4.74 Å². The Hall–Kier alpha value is -2.60. The smallest absolute Gasteiger partial charge is 0.272 e. The first-order valence-corrected chi connectivity index (χ1v) is 9.77. The second kappa shape index (κ2) is 9.74. The number of halogens is 2. The Balaban J connectivity index is 2.28. The summed E-state index contributed by atoms with van der Waals surface area (Å²) >= 11 is 6.09. The predicted molar refractivity (Wildman–Crippen MR) is 112 cm³/mol. The number of amides is 2. The Kier molecular flexibility index (Phi) is 7.62. The molecule has 0 aliphatic carbocycles. The van der Waals surface area contributed by atoms with E-state index in [9.17, 15) is 14.0 Å². The predicted octanol–water partition coefficient (Wildman–Crippen LogP) is 4.84. The first kappa shape index (κ1) is 22.7. The number of ether oxygens (including phenoxy) is 1. The molecule has 0 saturated heterocycles. The van der Waals surface area contributed by atoms with E-state index in [0.29, 0.717) is 5.56 Å². The van der Waals surface area contributed by atoms with Gasteiger partial charge in [-0.15, -0.1) is 0 Å². The van der Waals surface area contributed by atoms with Gasteiger partial charge in [0.05, 0.1) is 5.54 Å². The number of carbonyl (C=O) groups is 2. The van der Waals surface area contributed by atoms with Crippen LogP contribution >= 0.6 is 11.6 Å². The van der Waals surface area contributed by atoms with Crippen molar-refractivity contribution >= 4 is 23.4 Å². The molecule has 0 spiro atoms. The number of hydrogen-bond acceptors (Lipinski definition) is 3. The maximum absolute atomic E-state index is 13.2. The number of alkyl halides is 1. The van der Waals surface area contributed by atoms with Crippen molar-refractivity contribution in [2.45, 2.75) is 39.7 Å². The molecule has 1 N–H and O–H groups in total. The SMILES string of the molecule is CCc1ccc(C(=O)NN(C(=O)c2cc(Cl)cc(OCCF)c2)C(C)(C)C)cc1. The lowest BCUT2D eigenvalue weighted by Gasteiger charge is -2.35. The molecule has 0 bridgehead atoms. The van der Waals surface area contributed by atoms with Crippen molar-refractivity contribution in [3.63, 3.8) is 0 Å². The second-order valence-electron chi connectivity index (χ2n) is 7.52.